The number of ether oxygens (including phenoxy) is 1. The molecule has 0 aliphatic carbocycles. The summed E-state index contributed by atoms with van der Waals surface area (Å²) in [6, 6.07) is 1.91. The maximum absolute atomic E-state index is 12.7. The summed E-state index contributed by atoms with van der Waals surface area (Å²) >= 11 is 0.0506. The van der Waals surface area contributed by atoms with Gasteiger partial charge in [0.1, 0.15) is 34.7 Å². The molecule has 2 N–H and O–H groups in total. The van der Waals surface area contributed by atoms with Crippen molar-refractivity contribution in [1.29, 1.82) is 0 Å². The molecule has 0 spiro atoms. The molecule has 0 saturated carbocycles. The molecule has 0 radical (unpaired) electrons. The molecule has 0 unspecified atom stereocenters. The van der Waals surface area contributed by atoms with Gasteiger partial charge in [-0.05, 0) is 19.0 Å². The Morgan fingerprint density at radius 3 is 2.50 bits per heavy atom. The van der Waals surface area contributed by atoms with Crippen LogP contribution in [-0.2, 0) is 22.4 Å². The number of hydrogen-bond donors (Lipinski definition) is 1. The fourth-order valence-electron chi connectivity index (χ4n) is 3.00. The first-order valence-corrected chi connectivity index (χ1v) is 9.32. The first-order valence-electron chi connectivity index (χ1n) is 7.84. The molecule has 1 fully saturated rings. The van der Waals surface area contributed by atoms with Gasteiger partial charge in [0.25, 0.3) is 5.56 Å². The van der Waals surface area contributed by atoms with Crippen molar-refractivity contribution in [3.63, 3.8) is 0 Å². The lowest BCUT2D eigenvalue weighted by Crippen LogP contribution is -2.29. The highest BCUT2D eigenvalue weighted by Crippen LogP contribution is 2.31. The molecule has 2 aromatic rings. The van der Waals surface area contributed by atoms with Crippen LogP contribution in [0.1, 0.15) is 24.3 Å². The summed E-state index contributed by atoms with van der Waals surface area (Å²) in [5.74, 6) is 2.82. The van der Waals surface area contributed by atoms with Crippen molar-refractivity contribution >= 4 is 22.2 Å². The van der Waals surface area contributed by atoms with Crippen LogP contribution in [0.3, 0.4) is 0 Å². The van der Waals surface area contributed by atoms with Gasteiger partial charge in [-0.25, -0.2) is 9.97 Å². The van der Waals surface area contributed by atoms with E-state index >= 15 is 0 Å². The van der Waals surface area contributed by atoms with E-state index in [0.29, 0.717) is 11.5 Å². The van der Waals surface area contributed by atoms with Crippen LogP contribution in [0.4, 0.5) is 0 Å². The largest absolute Gasteiger partial charge is 0.480 e. The molecule has 1 aliphatic heterocycles. The Kier molecular flexibility index (Phi) is 6.59. The molecule has 3 rings (SSSR count). The predicted molar refractivity (Wildman–Crippen MR) is 97.5 cm³/mol. The van der Waals surface area contributed by atoms with Crippen molar-refractivity contribution in [2.45, 2.75) is 18.8 Å². The third kappa shape index (κ3) is 3.55. The fraction of sp³-hybridized carbons (Fsp3) is 0.562. The zero-order chi connectivity index (χ0) is 17.7. The van der Waals surface area contributed by atoms with Crippen molar-refractivity contribution in [3.05, 3.63) is 28.3 Å². The highest BCUT2D eigenvalue weighted by Gasteiger charge is 2.31. The smallest absolute Gasteiger partial charge is 0.255 e. The minimum absolute atomic E-state index is 0.0254. The molecule has 1 aliphatic rings. The normalized spacial score (nSPS) is 20.4. The van der Waals surface area contributed by atoms with Gasteiger partial charge < -0.3 is 10.5 Å². The van der Waals surface area contributed by atoms with E-state index in [9.17, 15) is 4.79 Å². The van der Waals surface area contributed by atoms with Gasteiger partial charge in [0.05, 0.1) is 19.6 Å². The van der Waals surface area contributed by atoms with Crippen LogP contribution in [0.25, 0.3) is 11.0 Å². The third-order valence-corrected chi connectivity index (χ3v) is 6.11. The van der Waals surface area contributed by atoms with E-state index in [4.69, 9.17) is 8.92 Å². The van der Waals surface area contributed by atoms with E-state index in [1.165, 1.54) is 13.4 Å². The number of rotatable bonds is 3. The van der Waals surface area contributed by atoms with Crippen LogP contribution in [0, 0.1) is 0 Å². The lowest BCUT2D eigenvalue weighted by atomic mass is 9.94. The average molecular weight is 353 g/mol. The molecule has 3 heterocycles. The van der Waals surface area contributed by atoms with Gasteiger partial charge in [-0.15, -0.1) is 0 Å². The van der Waals surface area contributed by atoms with E-state index in [2.05, 4.69) is 15.7 Å². The van der Waals surface area contributed by atoms with E-state index in [-0.39, 0.29) is 22.7 Å². The predicted octanol–water partition coefficient (Wildman–Crippen LogP) is 0.969. The summed E-state index contributed by atoms with van der Waals surface area (Å²) in [4.78, 5) is 21.0. The molecule has 1 saturated heterocycles. The first kappa shape index (κ1) is 18.7. The summed E-state index contributed by atoms with van der Waals surface area (Å²) in [6.07, 6.45) is 3.38. The second-order valence-electron chi connectivity index (χ2n) is 5.37. The second kappa shape index (κ2) is 8.46. The van der Waals surface area contributed by atoms with Crippen LogP contribution in [0.2, 0.25) is 0 Å². The Balaban J connectivity index is 0.00000100. The number of nitrogens with two attached hydrogens (primary N) is 1. The number of pyridine rings is 1. The number of hydrogen-bond acceptors (Lipinski definition) is 6. The zero-order valence-electron chi connectivity index (χ0n) is 14.6. The molecule has 24 heavy (non-hydrogen) atoms. The molecular formula is C16H25N4O3S+. The molecule has 0 aromatic carbocycles. The van der Waals surface area contributed by atoms with Gasteiger partial charge in [-0.3, -0.25) is 9.36 Å². The van der Waals surface area contributed by atoms with Crippen molar-refractivity contribution < 1.29 is 8.92 Å². The molecule has 132 valence electrons. The highest BCUT2D eigenvalue weighted by atomic mass is 32.2. The molecular weight excluding hydrogens is 328 g/mol. The van der Waals surface area contributed by atoms with E-state index in [1.807, 2.05) is 6.07 Å². The lowest BCUT2D eigenvalue weighted by molar-refractivity contribution is 0.402. The van der Waals surface area contributed by atoms with Gasteiger partial charge >= 0.3 is 0 Å². The quantitative estimate of drug-likeness (QED) is 0.827. The SMILES string of the molecule is CN.COc1ncnc2c1cc(C1CC[S+](OC)CC1)c(=O)n2C. The standard InChI is InChI=1S/C15H20N3O3S.CH5N/c1-18-13-12(14(20-2)17-9-16-13)8-11(15(18)19)10-4-6-22(21-3)7-5-10;1-2/h8-10H,4-7H2,1-3H3;2H2,1H3/q+1;. The van der Waals surface area contributed by atoms with E-state index in [0.717, 1.165) is 35.3 Å². The van der Waals surface area contributed by atoms with Gasteiger partial charge in [0.2, 0.25) is 5.88 Å². The summed E-state index contributed by atoms with van der Waals surface area (Å²) in [5, 5.41) is 0.790. The van der Waals surface area contributed by atoms with Crippen LogP contribution < -0.4 is 16.0 Å². The number of fused-ring (bicyclic) bond motifs is 1. The van der Waals surface area contributed by atoms with E-state index in [1.54, 1.807) is 25.8 Å². The Morgan fingerprint density at radius 2 is 1.92 bits per heavy atom. The average Bonchev–Trinajstić information content (AvgIpc) is 2.66. The second-order valence-corrected chi connectivity index (χ2v) is 7.40. The summed E-state index contributed by atoms with van der Waals surface area (Å²) in [6.45, 7) is 0. The summed E-state index contributed by atoms with van der Waals surface area (Å²) in [5.41, 5.74) is 5.97. The van der Waals surface area contributed by atoms with Crippen LogP contribution >= 0.6 is 0 Å². The van der Waals surface area contributed by atoms with Crippen molar-refractivity contribution in [2.24, 2.45) is 12.8 Å². The molecule has 0 amide bonds. The Morgan fingerprint density at radius 1 is 1.25 bits per heavy atom. The number of nitrogens with zero attached hydrogens (tertiary/aromatic N) is 3. The van der Waals surface area contributed by atoms with Crippen molar-refractivity contribution in [1.82, 2.24) is 14.5 Å². The summed E-state index contributed by atoms with van der Waals surface area (Å²) in [7, 11) is 6.60. The van der Waals surface area contributed by atoms with Gasteiger partial charge in [0.15, 0.2) is 0 Å². The molecule has 2 aromatic heterocycles. The van der Waals surface area contributed by atoms with Gasteiger partial charge in [0, 0.05) is 25.5 Å². The van der Waals surface area contributed by atoms with Crippen LogP contribution in [0.5, 0.6) is 5.88 Å². The van der Waals surface area contributed by atoms with Crippen molar-refractivity contribution in [3.8, 4) is 5.88 Å². The number of methoxy groups -OCH3 is 1. The lowest BCUT2D eigenvalue weighted by Gasteiger charge is -2.21. The van der Waals surface area contributed by atoms with Crippen LogP contribution in [0.15, 0.2) is 17.2 Å². The van der Waals surface area contributed by atoms with Crippen molar-refractivity contribution in [2.75, 3.05) is 32.8 Å². The number of aryl methyl sites for hydroxylation is 1. The van der Waals surface area contributed by atoms with Crippen LogP contribution in [-0.4, -0.2) is 47.3 Å². The molecule has 7 nitrogen and oxygen atoms in total. The monoisotopic (exact) mass is 353 g/mol. The van der Waals surface area contributed by atoms with Gasteiger partial charge in [-0.2, -0.15) is 4.18 Å². The Labute approximate surface area is 144 Å². The molecule has 0 bridgehead atoms. The fourth-order valence-corrected chi connectivity index (χ4v) is 4.63. The minimum atomic E-state index is 0.0254. The highest BCUT2D eigenvalue weighted by molar-refractivity contribution is 7.92. The maximum atomic E-state index is 12.7. The summed E-state index contributed by atoms with van der Waals surface area (Å²) < 4.78 is 12.4. The zero-order valence-corrected chi connectivity index (χ0v) is 15.4. The topological polar surface area (TPSA) is 92.3 Å². The first-order chi connectivity index (χ1) is 11.7. The molecule has 8 heteroatoms. The number of aromatic nitrogens is 3. The maximum Gasteiger partial charge on any atom is 0.255 e. The molecule has 0 atom stereocenters. The van der Waals surface area contributed by atoms with Gasteiger partial charge in [-0.1, -0.05) is 0 Å². The third-order valence-electron chi connectivity index (χ3n) is 4.25. The Bertz CT molecular complexity index is 742. The van der Waals surface area contributed by atoms with E-state index < -0.39 is 0 Å². The Hall–Kier alpha value is -1.64. The minimum Gasteiger partial charge on any atom is -0.480 e.